The summed E-state index contributed by atoms with van der Waals surface area (Å²) in [6.45, 7) is 0. The Hall–Kier alpha value is -4.04. The van der Waals surface area contributed by atoms with Crippen molar-refractivity contribution in [3.8, 4) is 17.4 Å². The predicted molar refractivity (Wildman–Crippen MR) is 108 cm³/mol. The molecule has 1 N–H and O–H groups in total. The minimum absolute atomic E-state index is 0.00593. The first-order valence-corrected chi connectivity index (χ1v) is 9.27. The summed E-state index contributed by atoms with van der Waals surface area (Å²) in [5.41, 5.74) is -1.49. The maximum Gasteiger partial charge on any atom is 0.417 e. The second-order valence-electron chi connectivity index (χ2n) is 6.61. The van der Waals surface area contributed by atoms with Gasteiger partial charge in [0.15, 0.2) is 10.4 Å². The highest BCUT2D eigenvalue weighted by Gasteiger charge is 2.34. The summed E-state index contributed by atoms with van der Waals surface area (Å²) in [5, 5.41) is 18.1. The number of benzene rings is 2. The molecule has 0 aliphatic heterocycles. The zero-order valence-corrected chi connectivity index (χ0v) is 16.6. The molecule has 160 valence electrons. The van der Waals surface area contributed by atoms with Gasteiger partial charge in [-0.1, -0.05) is 0 Å². The third-order valence-corrected chi connectivity index (χ3v) is 5.09. The summed E-state index contributed by atoms with van der Waals surface area (Å²) in [6.07, 6.45) is -3.36. The number of pyridine rings is 1. The van der Waals surface area contributed by atoms with Gasteiger partial charge in [0.05, 0.1) is 39.7 Å². The van der Waals surface area contributed by atoms with Crippen molar-refractivity contribution in [3.05, 3.63) is 82.0 Å². The van der Waals surface area contributed by atoms with Gasteiger partial charge in [-0.3, -0.25) is 9.13 Å². The van der Waals surface area contributed by atoms with Gasteiger partial charge in [0.25, 0.3) is 0 Å². The monoisotopic (exact) mass is 458 g/mol. The molecule has 0 saturated carbocycles. The van der Waals surface area contributed by atoms with Gasteiger partial charge in [-0.05, 0) is 60.7 Å². The van der Waals surface area contributed by atoms with Crippen LogP contribution in [0.1, 0.15) is 21.5 Å². The zero-order chi connectivity index (χ0) is 23.2. The molecule has 0 atom stereocenters. The SMILES string of the molecule is N#Cc1ccc(-n2c(=S)n(-c3ccc(C(=O)O)c(F)c3)c3cccnc32)cc1C(F)(F)F. The van der Waals surface area contributed by atoms with Crippen LogP contribution >= 0.6 is 12.2 Å². The molecule has 2 heterocycles. The number of imidazole rings is 1. The Morgan fingerprint density at radius 3 is 2.41 bits per heavy atom. The van der Waals surface area contributed by atoms with E-state index in [0.717, 1.165) is 24.3 Å². The molecule has 0 unspecified atom stereocenters. The predicted octanol–water partition coefficient (Wildman–Crippen LogP) is 5.27. The quantitative estimate of drug-likeness (QED) is 0.334. The van der Waals surface area contributed by atoms with Crippen LogP contribution < -0.4 is 0 Å². The molecule has 2 aromatic heterocycles. The molecule has 0 radical (unpaired) electrons. The minimum atomic E-state index is -4.77. The number of hydrogen-bond acceptors (Lipinski definition) is 4. The van der Waals surface area contributed by atoms with E-state index in [1.807, 2.05) is 0 Å². The lowest BCUT2D eigenvalue weighted by Crippen LogP contribution is -2.09. The molecule has 4 rings (SSSR count). The van der Waals surface area contributed by atoms with E-state index in [1.165, 1.54) is 33.5 Å². The van der Waals surface area contributed by atoms with Crippen molar-refractivity contribution in [3.63, 3.8) is 0 Å². The Morgan fingerprint density at radius 1 is 1.09 bits per heavy atom. The van der Waals surface area contributed by atoms with Crippen LogP contribution in [0.25, 0.3) is 22.5 Å². The average Bonchev–Trinajstić information content (AvgIpc) is 3.04. The van der Waals surface area contributed by atoms with E-state index >= 15 is 0 Å². The highest BCUT2D eigenvalue weighted by molar-refractivity contribution is 7.71. The van der Waals surface area contributed by atoms with E-state index in [0.29, 0.717) is 5.52 Å². The molecule has 11 heteroatoms. The number of nitrogens with zero attached hydrogens (tertiary/aromatic N) is 4. The first-order valence-electron chi connectivity index (χ1n) is 8.87. The maximum atomic E-state index is 14.3. The number of nitriles is 1. The summed E-state index contributed by atoms with van der Waals surface area (Å²) in [6, 6.07) is 11.2. The van der Waals surface area contributed by atoms with Gasteiger partial charge in [-0.2, -0.15) is 18.4 Å². The van der Waals surface area contributed by atoms with Gasteiger partial charge in [0.2, 0.25) is 0 Å². The van der Waals surface area contributed by atoms with Crippen molar-refractivity contribution in [2.75, 3.05) is 0 Å². The number of carboxylic acid groups (broad SMARTS) is 1. The number of alkyl halides is 3. The largest absolute Gasteiger partial charge is 0.478 e. The summed E-state index contributed by atoms with van der Waals surface area (Å²) >= 11 is 5.48. The van der Waals surface area contributed by atoms with Gasteiger partial charge in [0, 0.05) is 6.20 Å². The number of carboxylic acids is 1. The van der Waals surface area contributed by atoms with Gasteiger partial charge in [-0.25, -0.2) is 14.2 Å². The number of halogens is 4. The van der Waals surface area contributed by atoms with Crippen LogP contribution in [0.2, 0.25) is 0 Å². The number of aromatic nitrogens is 3. The second kappa shape index (κ2) is 7.58. The van der Waals surface area contributed by atoms with Crippen LogP contribution in [-0.4, -0.2) is 25.2 Å². The smallest absolute Gasteiger partial charge is 0.417 e. The summed E-state index contributed by atoms with van der Waals surface area (Å²) in [7, 11) is 0. The first-order chi connectivity index (χ1) is 15.1. The minimum Gasteiger partial charge on any atom is -0.478 e. The molecule has 0 bridgehead atoms. The molecule has 6 nitrogen and oxygen atoms in total. The molecule has 0 fully saturated rings. The van der Waals surface area contributed by atoms with E-state index in [4.69, 9.17) is 22.6 Å². The van der Waals surface area contributed by atoms with Crippen molar-refractivity contribution in [2.45, 2.75) is 6.18 Å². The lowest BCUT2D eigenvalue weighted by Gasteiger charge is -2.12. The third-order valence-electron chi connectivity index (χ3n) is 4.73. The van der Waals surface area contributed by atoms with Crippen LogP contribution in [-0.2, 0) is 6.18 Å². The first kappa shape index (κ1) is 21.2. The fourth-order valence-electron chi connectivity index (χ4n) is 3.33. The van der Waals surface area contributed by atoms with Crippen molar-refractivity contribution in [1.82, 2.24) is 14.1 Å². The third kappa shape index (κ3) is 3.40. The molecule has 4 aromatic rings. The van der Waals surface area contributed by atoms with Crippen molar-refractivity contribution in [2.24, 2.45) is 0 Å². The van der Waals surface area contributed by atoms with Crippen molar-refractivity contribution >= 4 is 29.4 Å². The normalized spacial score (nSPS) is 11.5. The zero-order valence-electron chi connectivity index (χ0n) is 15.8. The second-order valence-corrected chi connectivity index (χ2v) is 6.97. The van der Waals surface area contributed by atoms with Crippen LogP contribution in [0.4, 0.5) is 17.6 Å². The van der Waals surface area contributed by atoms with Crippen LogP contribution in [0.5, 0.6) is 0 Å². The van der Waals surface area contributed by atoms with E-state index in [2.05, 4.69) is 4.98 Å². The Morgan fingerprint density at radius 2 is 1.78 bits per heavy atom. The van der Waals surface area contributed by atoms with Crippen LogP contribution in [0.3, 0.4) is 0 Å². The molecule has 0 aliphatic carbocycles. The molecule has 0 amide bonds. The van der Waals surface area contributed by atoms with E-state index in [9.17, 15) is 22.4 Å². The van der Waals surface area contributed by atoms with E-state index in [-0.39, 0.29) is 21.8 Å². The lowest BCUT2D eigenvalue weighted by atomic mass is 10.1. The molecule has 32 heavy (non-hydrogen) atoms. The standard InChI is InChI=1S/C21H10F4N4O2S/c22-16-9-13(5-6-14(16)19(30)31)28-17-2-1-7-27-18(17)29(20(28)32)12-4-3-11(10-26)15(8-12)21(23,24)25/h1-9H,(H,30,31). The Balaban J connectivity index is 2.02. The summed E-state index contributed by atoms with van der Waals surface area (Å²) in [5.74, 6) is -2.45. The highest BCUT2D eigenvalue weighted by Crippen LogP contribution is 2.34. The summed E-state index contributed by atoms with van der Waals surface area (Å²) in [4.78, 5) is 15.3. The lowest BCUT2D eigenvalue weighted by molar-refractivity contribution is -0.137. The van der Waals surface area contributed by atoms with Gasteiger partial charge in [-0.15, -0.1) is 0 Å². The number of fused-ring (bicyclic) bond motifs is 1. The van der Waals surface area contributed by atoms with Crippen LogP contribution in [0.15, 0.2) is 54.7 Å². The number of hydrogen-bond donors (Lipinski definition) is 1. The van der Waals surface area contributed by atoms with Crippen molar-refractivity contribution < 1.29 is 27.5 Å². The van der Waals surface area contributed by atoms with Crippen LogP contribution in [0, 0.1) is 21.9 Å². The van der Waals surface area contributed by atoms with E-state index in [1.54, 1.807) is 12.1 Å². The van der Waals surface area contributed by atoms with Crippen molar-refractivity contribution in [1.29, 1.82) is 5.26 Å². The van der Waals surface area contributed by atoms with Gasteiger partial charge < -0.3 is 5.11 Å². The fourth-order valence-corrected chi connectivity index (χ4v) is 3.73. The molecular formula is C21H10F4N4O2S. The molecule has 0 aliphatic rings. The number of carbonyl (C=O) groups is 1. The molecule has 0 saturated heterocycles. The topological polar surface area (TPSA) is 83.8 Å². The molecule has 0 spiro atoms. The molecule has 2 aromatic carbocycles. The average molecular weight is 458 g/mol. The Bertz CT molecular complexity index is 1500. The number of aromatic carboxylic acids is 1. The van der Waals surface area contributed by atoms with Gasteiger partial charge in [0.1, 0.15) is 5.82 Å². The fraction of sp³-hybridized carbons (Fsp3) is 0.0476. The number of rotatable bonds is 3. The Kier molecular flexibility index (Phi) is 5.02. The molecular weight excluding hydrogens is 448 g/mol. The Labute approximate surface area is 182 Å². The maximum absolute atomic E-state index is 14.3. The highest BCUT2D eigenvalue weighted by atomic mass is 32.1. The van der Waals surface area contributed by atoms with E-state index < -0.39 is 34.7 Å². The summed E-state index contributed by atoms with van der Waals surface area (Å²) < 4.78 is 57.3. The van der Waals surface area contributed by atoms with Gasteiger partial charge >= 0.3 is 12.1 Å².